The summed E-state index contributed by atoms with van der Waals surface area (Å²) in [6.07, 6.45) is 2.29. The maximum absolute atomic E-state index is 10.5. The zero-order valence-corrected chi connectivity index (χ0v) is 11.7. The SMILES string of the molecule is C=C1CC[C@@H](C(C)C)[C@@H](O)[C@@H]2O[C@@]2(C)CC[C@H]1O. The fourth-order valence-electron chi connectivity index (χ4n) is 3.16. The lowest BCUT2D eigenvalue weighted by molar-refractivity contribution is 0.0492. The predicted molar refractivity (Wildman–Crippen MR) is 71.2 cm³/mol. The first-order valence-electron chi connectivity index (χ1n) is 7.07. The van der Waals surface area contributed by atoms with Crippen LogP contribution in [-0.4, -0.2) is 34.1 Å². The number of aliphatic hydroxyl groups is 2. The molecule has 0 bridgehead atoms. The van der Waals surface area contributed by atoms with E-state index in [0.29, 0.717) is 12.3 Å². The molecule has 1 aliphatic heterocycles. The minimum Gasteiger partial charge on any atom is -0.390 e. The summed E-state index contributed by atoms with van der Waals surface area (Å²) in [5, 5.41) is 20.5. The van der Waals surface area contributed by atoms with Crippen LogP contribution in [0.1, 0.15) is 46.5 Å². The van der Waals surface area contributed by atoms with Gasteiger partial charge in [-0.05, 0) is 50.0 Å². The van der Waals surface area contributed by atoms with Crippen molar-refractivity contribution in [1.29, 1.82) is 0 Å². The second-order valence-electron chi connectivity index (χ2n) is 6.50. The van der Waals surface area contributed by atoms with Gasteiger partial charge in [-0.2, -0.15) is 0 Å². The Morgan fingerprint density at radius 3 is 2.61 bits per heavy atom. The molecule has 2 aliphatic rings. The monoisotopic (exact) mass is 254 g/mol. The van der Waals surface area contributed by atoms with Gasteiger partial charge in [0.25, 0.3) is 0 Å². The second-order valence-corrected chi connectivity index (χ2v) is 6.50. The van der Waals surface area contributed by atoms with E-state index >= 15 is 0 Å². The number of epoxide rings is 1. The third-order valence-electron chi connectivity index (χ3n) is 4.73. The van der Waals surface area contributed by atoms with Crippen molar-refractivity contribution in [1.82, 2.24) is 0 Å². The highest BCUT2D eigenvalue weighted by atomic mass is 16.6. The lowest BCUT2D eigenvalue weighted by Crippen LogP contribution is -2.34. The normalized spacial score (nSPS) is 45.8. The Bertz CT molecular complexity index is 326. The van der Waals surface area contributed by atoms with Crippen molar-refractivity contribution in [3.8, 4) is 0 Å². The maximum Gasteiger partial charge on any atom is 0.113 e. The number of rotatable bonds is 1. The van der Waals surface area contributed by atoms with Crippen molar-refractivity contribution in [3.05, 3.63) is 12.2 Å². The molecule has 0 spiro atoms. The smallest absolute Gasteiger partial charge is 0.113 e. The van der Waals surface area contributed by atoms with Crippen LogP contribution in [0.4, 0.5) is 0 Å². The zero-order chi connectivity index (χ0) is 13.5. The lowest BCUT2D eigenvalue weighted by Gasteiger charge is -2.28. The largest absolute Gasteiger partial charge is 0.390 e. The van der Waals surface area contributed by atoms with Crippen LogP contribution in [0.15, 0.2) is 12.2 Å². The molecule has 0 aromatic carbocycles. The fourth-order valence-corrected chi connectivity index (χ4v) is 3.16. The van der Waals surface area contributed by atoms with Crippen molar-refractivity contribution in [2.75, 3.05) is 0 Å². The molecule has 1 heterocycles. The van der Waals surface area contributed by atoms with E-state index in [1.807, 2.05) is 6.92 Å². The van der Waals surface area contributed by atoms with Crippen LogP contribution >= 0.6 is 0 Å². The van der Waals surface area contributed by atoms with E-state index < -0.39 is 12.2 Å². The van der Waals surface area contributed by atoms with Gasteiger partial charge in [0, 0.05) is 0 Å². The number of ether oxygens (including phenoxy) is 1. The van der Waals surface area contributed by atoms with Gasteiger partial charge in [-0.15, -0.1) is 0 Å². The quantitative estimate of drug-likeness (QED) is 0.557. The van der Waals surface area contributed by atoms with Gasteiger partial charge in [-0.3, -0.25) is 0 Å². The average molecular weight is 254 g/mol. The summed E-state index contributed by atoms with van der Waals surface area (Å²) in [7, 11) is 0. The minimum absolute atomic E-state index is 0.0523. The van der Waals surface area contributed by atoms with Gasteiger partial charge in [-0.1, -0.05) is 20.4 Å². The van der Waals surface area contributed by atoms with Gasteiger partial charge in [0.05, 0.1) is 17.8 Å². The molecule has 0 unspecified atom stereocenters. The van der Waals surface area contributed by atoms with Gasteiger partial charge in [0.1, 0.15) is 6.10 Å². The van der Waals surface area contributed by atoms with Crippen LogP contribution in [-0.2, 0) is 4.74 Å². The minimum atomic E-state index is -0.422. The first kappa shape index (κ1) is 14.0. The van der Waals surface area contributed by atoms with Crippen molar-refractivity contribution >= 4 is 0 Å². The summed E-state index contributed by atoms with van der Waals surface area (Å²) in [5.74, 6) is 0.636. The molecule has 2 rings (SSSR count). The predicted octanol–water partition coefficient (Wildman–Crippen LogP) is 2.27. The molecular weight excluding hydrogens is 228 g/mol. The van der Waals surface area contributed by atoms with E-state index in [0.717, 1.165) is 24.8 Å². The molecule has 0 aromatic rings. The van der Waals surface area contributed by atoms with E-state index in [4.69, 9.17) is 4.74 Å². The van der Waals surface area contributed by atoms with Gasteiger partial charge >= 0.3 is 0 Å². The summed E-state index contributed by atoms with van der Waals surface area (Å²) in [4.78, 5) is 0. The lowest BCUT2D eigenvalue weighted by atomic mass is 9.79. The Balaban J connectivity index is 2.13. The van der Waals surface area contributed by atoms with Crippen LogP contribution in [0, 0.1) is 11.8 Å². The highest BCUT2D eigenvalue weighted by Gasteiger charge is 2.57. The first-order chi connectivity index (χ1) is 8.35. The molecule has 104 valence electrons. The number of hydrogen-bond donors (Lipinski definition) is 2. The Morgan fingerprint density at radius 1 is 1.33 bits per heavy atom. The number of hydrogen-bond acceptors (Lipinski definition) is 3. The molecule has 2 fully saturated rings. The highest BCUT2D eigenvalue weighted by molar-refractivity contribution is 5.10. The Hall–Kier alpha value is -0.380. The van der Waals surface area contributed by atoms with Crippen molar-refractivity contribution < 1.29 is 14.9 Å². The Kier molecular flexibility index (Phi) is 3.86. The molecule has 18 heavy (non-hydrogen) atoms. The number of fused-ring (bicyclic) bond motifs is 1. The van der Waals surface area contributed by atoms with Crippen molar-refractivity contribution in [2.24, 2.45) is 11.8 Å². The molecule has 3 heteroatoms. The van der Waals surface area contributed by atoms with Crippen molar-refractivity contribution in [3.63, 3.8) is 0 Å². The van der Waals surface area contributed by atoms with E-state index in [1.54, 1.807) is 0 Å². The Labute approximate surface area is 110 Å². The zero-order valence-electron chi connectivity index (χ0n) is 11.7. The fraction of sp³-hybridized carbons (Fsp3) is 0.867. The van der Waals surface area contributed by atoms with Crippen LogP contribution in [0.2, 0.25) is 0 Å². The molecule has 2 N–H and O–H groups in total. The van der Waals surface area contributed by atoms with Crippen LogP contribution in [0.3, 0.4) is 0 Å². The average Bonchev–Trinajstić information content (AvgIpc) is 2.97. The molecule has 0 radical (unpaired) electrons. The van der Waals surface area contributed by atoms with E-state index in [1.165, 1.54) is 0 Å². The van der Waals surface area contributed by atoms with Crippen LogP contribution in [0.25, 0.3) is 0 Å². The third kappa shape index (κ3) is 2.63. The molecule has 1 aliphatic carbocycles. The topological polar surface area (TPSA) is 53.0 Å². The standard InChI is InChI=1S/C15H26O3/c1-9(2)11-6-5-10(3)12(16)7-8-15(4)14(18-15)13(11)17/h9,11-14,16-17H,3,5-8H2,1-2,4H3/t11-,12+,13+,14-,15-/m0/s1. The molecule has 0 aromatic heterocycles. The van der Waals surface area contributed by atoms with Crippen molar-refractivity contribution in [2.45, 2.75) is 70.4 Å². The van der Waals surface area contributed by atoms with Gasteiger partial charge in [0.15, 0.2) is 0 Å². The molecule has 5 atom stereocenters. The first-order valence-corrected chi connectivity index (χ1v) is 7.07. The summed E-state index contributed by atoms with van der Waals surface area (Å²) in [5.41, 5.74) is 0.654. The molecule has 3 nitrogen and oxygen atoms in total. The van der Waals surface area contributed by atoms with Gasteiger partial charge in [0.2, 0.25) is 0 Å². The second kappa shape index (κ2) is 4.95. The molecule has 0 amide bonds. The molecular formula is C15H26O3. The van der Waals surface area contributed by atoms with E-state index in [2.05, 4.69) is 20.4 Å². The third-order valence-corrected chi connectivity index (χ3v) is 4.73. The highest BCUT2D eigenvalue weighted by Crippen LogP contribution is 2.47. The molecule has 1 saturated carbocycles. The van der Waals surface area contributed by atoms with Gasteiger partial charge < -0.3 is 14.9 Å². The van der Waals surface area contributed by atoms with Crippen LogP contribution in [0.5, 0.6) is 0 Å². The van der Waals surface area contributed by atoms with Gasteiger partial charge in [-0.25, -0.2) is 0 Å². The summed E-state index contributed by atoms with van der Waals surface area (Å²) < 4.78 is 5.72. The molecule has 1 saturated heterocycles. The summed E-state index contributed by atoms with van der Waals surface area (Å²) >= 11 is 0. The summed E-state index contributed by atoms with van der Waals surface area (Å²) in [6, 6.07) is 0. The summed E-state index contributed by atoms with van der Waals surface area (Å²) in [6.45, 7) is 10.3. The van der Waals surface area contributed by atoms with E-state index in [9.17, 15) is 10.2 Å². The van der Waals surface area contributed by atoms with E-state index in [-0.39, 0.29) is 17.6 Å². The Morgan fingerprint density at radius 2 is 2.00 bits per heavy atom. The number of aliphatic hydroxyl groups excluding tert-OH is 2. The maximum atomic E-state index is 10.5. The van der Waals surface area contributed by atoms with Crippen LogP contribution < -0.4 is 0 Å².